The van der Waals surface area contributed by atoms with Gasteiger partial charge in [0.2, 0.25) is 0 Å². The Kier molecular flexibility index (Phi) is 4.15. The van der Waals surface area contributed by atoms with E-state index in [9.17, 15) is 4.39 Å². The molecule has 0 amide bonds. The van der Waals surface area contributed by atoms with Gasteiger partial charge in [0.1, 0.15) is 5.82 Å². The van der Waals surface area contributed by atoms with Crippen LogP contribution in [0.5, 0.6) is 0 Å². The van der Waals surface area contributed by atoms with Crippen LogP contribution in [0.4, 0.5) is 10.1 Å². The Balaban J connectivity index is 3.27. The van der Waals surface area contributed by atoms with Gasteiger partial charge in [-0.25, -0.2) is 4.39 Å². The van der Waals surface area contributed by atoms with E-state index in [1.807, 2.05) is 20.0 Å². The first-order chi connectivity index (χ1) is 7.81. The molecule has 2 N–H and O–H groups in total. The van der Waals surface area contributed by atoms with Gasteiger partial charge >= 0.3 is 0 Å². The standard InChI is InChI=1S/C14H23FN2/c1-6-14(3,4)17(5)12-9-7-8-11(15)13(12)10(2)16/h7-10H,6,16H2,1-5H3/t10-/m0/s1. The highest BCUT2D eigenvalue weighted by Crippen LogP contribution is 2.32. The van der Waals surface area contributed by atoms with E-state index in [-0.39, 0.29) is 17.4 Å². The van der Waals surface area contributed by atoms with Gasteiger partial charge in [-0.2, -0.15) is 0 Å². The number of anilines is 1. The van der Waals surface area contributed by atoms with Gasteiger partial charge in [0, 0.05) is 29.9 Å². The lowest BCUT2D eigenvalue weighted by Crippen LogP contribution is -2.41. The summed E-state index contributed by atoms with van der Waals surface area (Å²) in [6.07, 6.45) is 0.985. The molecule has 1 rings (SSSR count). The van der Waals surface area contributed by atoms with Crippen molar-refractivity contribution >= 4 is 5.69 Å². The fraction of sp³-hybridized carbons (Fsp3) is 0.571. The minimum Gasteiger partial charge on any atom is -0.369 e. The molecule has 0 bridgehead atoms. The minimum absolute atomic E-state index is 0.0164. The second-order valence-corrected chi connectivity index (χ2v) is 5.19. The molecule has 2 nitrogen and oxygen atoms in total. The average Bonchev–Trinajstić information content (AvgIpc) is 2.27. The maximum atomic E-state index is 13.8. The lowest BCUT2D eigenvalue weighted by Gasteiger charge is -2.38. The molecule has 0 heterocycles. The van der Waals surface area contributed by atoms with Crippen molar-refractivity contribution in [3.8, 4) is 0 Å². The number of halogens is 1. The molecule has 0 spiro atoms. The normalized spacial score (nSPS) is 13.6. The number of rotatable bonds is 4. The van der Waals surface area contributed by atoms with Gasteiger partial charge < -0.3 is 10.6 Å². The molecule has 3 heteroatoms. The van der Waals surface area contributed by atoms with Crippen LogP contribution >= 0.6 is 0 Å². The number of nitrogens with zero attached hydrogens (tertiary/aromatic N) is 1. The van der Waals surface area contributed by atoms with Crippen LogP contribution in [0.1, 0.15) is 45.7 Å². The molecule has 0 fully saturated rings. The van der Waals surface area contributed by atoms with Crippen molar-refractivity contribution < 1.29 is 4.39 Å². The zero-order valence-electron chi connectivity index (χ0n) is 11.4. The van der Waals surface area contributed by atoms with Gasteiger partial charge in [-0.05, 0) is 39.3 Å². The van der Waals surface area contributed by atoms with E-state index in [1.54, 1.807) is 6.07 Å². The molecule has 0 radical (unpaired) electrons. The van der Waals surface area contributed by atoms with Crippen molar-refractivity contribution in [1.29, 1.82) is 0 Å². The van der Waals surface area contributed by atoms with E-state index in [2.05, 4.69) is 25.7 Å². The maximum absolute atomic E-state index is 13.8. The highest BCUT2D eigenvalue weighted by Gasteiger charge is 2.25. The second kappa shape index (κ2) is 5.05. The highest BCUT2D eigenvalue weighted by molar-refractivity contribution is 5.56. The Bertz CT molecular complexity index is 386. The summed E-state index contributed by atoms with van der Waals surface area (Å²) in [5.41, 5.74) is 7.33. The van der Waals surface area contributed by atoms with E-state index in [1.165, 1.54) is 6.07 Å². The van der Waals surface area contributed by atoms with Gasteiger partial charge in [-0.15, -0.1) is 0 Å². The van der Waals surface area contributed by atoms with Crippen molar-refractivity contribution in [3.63, 3.8) is 0 Å². The molecule has 0 unspecified atom stereocenters. The first kappa shape index (κ1) is 14.0. The average molecular weight is 238 g/mol. The number of hydrogen-bond donors (Lipinski definition) is 1. The van der Waals surface area contributed by atoms with Crippen LogP contribution in [0.3, 0.4) is 0 Å². The van der Waals surface area contributed by atoms with Crippen LogP contribution in [0.2, 0.25) is 0 Å². The maximum Gasteiger partial charge on any atom is 0.130 e. The van der Waals surface area contributed by atoms with E-state index < -0.39 is 0 Å². The van der Waals surface area contributed by atoms with Crippen molar-refractivity contribution in [1.82, 2.24) is 0 Å². The fourth-order valence-corrected chi connectivity index (χ4v) is 1.83. The van der Waals surface area contributed by atoms with E-state index >= 15 is 0 Å². The largest absolute Gasteiger partial charge is 0.369 e. The van der Waals surface area contributed by atoms with Gasteiger partial charge in [-0.3, -0.25) is 0 Å². The summed E-state index contributed by atoms with van der Waals surface area (Å²) in [5.74, 6) is -0.226. The number of benzene rings is 1. The summed E-state index contributed by atoms with van der Waals surface area (Å²) in [7, 11) is 1.99. The third-order valence-corrected chi connectivity index (χ3v) is 3.62. The Labute approximate surface area is 104 Å². The first-order valence-electron chi connectivity index (χ1n) is 6.09. The van der Waals surface area contributed by atoms with Gasteiger partial charge in [0.05, 0.1) is 0 Å². The van der Waals surface area contributed by atoms with E-state index in [4.69, 9.17) is 5.73 Å². The Hall–Kier alpha value is -1.09. The molecule has 1 atom stereocenters. The smallest absolute Gasteiger partial charge is 0.130 e. The summed E-state index contributed by atoms with van der Waals surface area (Å²) >= 11 is 0. The number of hydrogen-bond acceptors (Lipinski definition) is 2. The highest BCUT2D eigenvalue weighted by atomic mass is 19.1. The van der Waals surface area contributed by atoms with E-state index in [0.717, 1.165) is 12.1 Å². The zero-order chi connectivity index (χ0) is 13.2. The van der Waals surface area contributed by atoms with Crippen LogP contribution in [0.15, 0.2) is 18.2 Å². The fourth-order valence-electron chi connectivity index (χ4n) is 1.83. The summed E-state index contributed by atoms with van der Waals surface area (Å²) in [5, 5.41) is 0. The van der Waals surface area contributed by atoms with Gasteiger partial charge in [0.15, 0.2) is 0 Å². The molecule has 1 aromatic rings. The molecule has 0 aliphatic heterocycles. The minimum atomic E-state index is -0.304. The predicted molar refractivity (Wildman–Crippen MR) is 71.8 cm³/mol. The summed E-state index contributed by atoms with van der Waals surface area (Å²) in [4.78, 5) is 2.11. The molecular formula is C14H23FN2. The molecule has 1 aromatic carbocycles. The quantitative estimate of drug-likeness (QED) is 0.870. The third-order valence-electron chi connectivity index (χ3n) is 3.62. The lowest BCUT2D eigenvalue weighted by molar-refractivity contribution is 0.467. The second-order valence-electron chi connectivity index (χ2n) is 5.19. The molecule has 0 aliphatic carbocycles. The van der Waals surface area contributed by atoms with Gasteiger partial charge in [0.25, 0.3) is 0 Å². The summed E-state index contributed by atoms with van der Waals surface area (Å²) < 4.78 is 13.8. The molecular weight excluding hydrogens is 215 g/mol. The Morgan fingerprint density at radius 1 is 1.41 bits per heavy atom. The van der Waals surface area contributed by atoms with Crippen LogP contribution < -0.4 is 10.6 Å². The van der Waals surface area contributed by atoms with Crippen LogP contribution in [0, 0.1) is 5.82 Å². The van der Waals surface area contributed by atoms with E-state index in [0.29, 0.717) is 5.56 Å². The van der Waals surface area contributed by atoms with Crippen molar-refractivity contribution in [3.05, 3.63) is 29.6 Å². The Morgan fingerprint density at radius 3 is 2.47 bits per heavy atom. The molecule has 0 saturated heterocycles. The van der Waals surface area contributed by atoms with Crippen molar-refractivity contribution in [2.75, 3.05) is 11.9 Å². The topological polar surface area (TPSA) is 29.3 Å². The summed E-state index contributed by atoms with van der Waals surface area (Å²) in [6.45, 7) is 8.22. The molecule has 0 aromatic heterocycles. The SMILES string of the molecule is CCC(C)(C)N(C)c1cccc(F)c1[C@H](C)N. The number of nitrogens with two attached hydrogens (primary N) is 1. The molecule has 17 heavy (non-hydrogen) atoms. The Morgan fingerprint density at radius 2 is 2.00 bits per heavy atom. The van der Waals surface area contributed by atoms with Gasteiger partial charge in [-0.1, -0.05) is 13.0 Å². The molecule has 0 aliphatic rings. The van der Waals surface area contributed by atoms with Crippen LogP contribution in [0.25, 0.3) is 0 Å². The molecule has 96 valence electrons. The third kappa shape index (κ3) is 2.78. The van der Waals surface area contributed by atoms with Crippen molar-refractivity contribution in [2.24, 2.45) is 5.73 Å². The zero-order valence-corrected chi connectivity index (χ0v) is 11.4. The lowest BCUT2D eigenvalue weighted by atomic mass is 9.96. The van der Waals surface area contributed by atoms with Crippen LogP contribution in [-0.4, -0.2) is 12.6 Å². The monoisotopic (exact) mass is 238 g/mol. The molecule has 0 saturated carbocycles. The van der Waals surface area contributed by atoms with Crippen LogP contribution in [-0.2, 0) is 0 Å². The first-order valence-corrected chi connectivity index (χ1v) is 6.09. The predicted octanol–water partition coefficient (Wildman–Crippen LogP) is 3.47. The summed E-state index contributed by atoms with van der Waals surface area (Å²) in [6, 6.07) is 4.83. The van der Waals surface area contributed by atoms with Crippen molar-refractivity contribution in [2.45, 2.75) is 45.7 Å².